The summed E-state index contributed by atoms with van der Waals surface area (Å²) in [5.41, 5.74) is 1.18. The molecule has 0 saturated heterocycles. The highest BCUT2D eigenvalue weighted by molar-refractivity contribution is 6.33. The third-order valence-electron chi connectivity index (χ3n) is 5.35. The molecule has 24 heavy (non-hydrogen) atoms. The van der Waals surface area contributed by atoms with Crippen molar-refractivity contribution in [3.63, 3.8) is 0 Å². The van der Waals surface area contributed by atoms with Crippen molar-refractivity contribution in [2.75, 3.05) is 0 Å². The van der Waals surface area contributed by atoms with E-state index in [9.17, 15) is 14.7 Å². The molecular formula is C18H21ClO5. The van der Waals surface area contributed by atoms with Crippen LogP contribution in [0.15, 0.2) is 0 Å². The molecule has 1 aromatic rings. The average Bonchev–Trinajstić information content (AvgIpc) is 2.92. The van der Waals surface area contributed by atoms with Gasteiger partial charge < -0.3 is 19.4 Å². The Hall–Kier alpha value is -1.75. The molecule has 1 fully saturated rings. The molecule has 1 saturated carbocycles. The van der Waals surface area contributed by atoms with Crippen LogP contribution in [0.1, 0.15) is 54.1 Å². The molecule has 1 aliphatic carbocycles. The first-order valence-corrected chi connectivity index (χ1v) is 8.55. The minimum atomic E-state index is -1.03. The van der Waals surface area contributed by atoms with E-state index in [-0.39, 0.29) is 17.4 Å². The highest BCUT2D eigenvalue weighted by Crippen LogP contribution is 2.53. The van der Waals surface area contributed by atoms with Crippen LogP contribution in [0.2, 0.25) is 5.02 Å². The topological polar surface area (TPSA) is 72.8 Å². The van der Waals surface area contributed by atoms with Crippen LogP contribution in [0.3, 0.4) is 0 Å². The van der Waals surface area contributed by atoms with Gasteiger partial charge in [-0.3, -0.25) is 0 Å². The monoisotopic (exact) mass is 352 g/mol. The summed E-state index contributed by atoms with van der Waals surface area (Å²) in [4.78, 5) is 22.5. The van der Waals surface area contributed by atoms with Gasteiger partial charge in [0, 0.05) is 24.3 Å². The van der Waals surface area contributed by atoms with E-state index in [1.54, 1.807) is 13.8 Å². The van der Waals surface area contributed by atoms with Crippen LogP contribution in [-0.2, 0) is 4.79 Å². The number of ether oxygens (including phenoxy) is 2. The minimum absolute atomic E-state index is 0.111. The zero-order valence-electron chi connectivity index (χ0n) is 14.0. The molecule has 0 aromatic heterocycles. The highest BCUT2D eigenvalue weighted by atomic mass is 35.5. The molecule has 1 aliphatic heterocycles. The third-order valence-corrected chi connectivity index (χ3v) is 5.81. The molecule has 0 amide bonds. The number of hydrogen-bond donors (Lipinski definition) is 1. The van der Waals surface area contributed by atoms with E-state index < -0.39 is 11.8 Å². The Balaban J connectivity index is 1.94. The van der Waals surface area contributed by atoms with E-state index in [4.69, 9.17) is 21.1 Å². The summed E-state index contributed by atoms with van der Waals surface area (Å²) in [6.45, 7) is 5.25. The first-order valence-electron chi connectivity index (χ1n) is 8.17. The maximum absolute atomic E-state index is 11.5. The van der Waals surface area contributed by atoms with Gasteiger partial charge in [-0.15, -0.1) is 0 Å². The van der Waals surface area contributed by atoms with Gasteiger partial charge in [-0.2, -0.15) is 0 Å². The van der Waals surface area contributed by atoms with Crippen molar-refractivity contribution >= 4 is 23.9 Å². The first-order chi connectivity index (χ1) is 11.3. The van der Waals surface area contributed by atoms with Gasteiger partial charge in [0.05, 0.1) is 10.6 Å². The van der Waals surface area contributed by atoms with Gasteiger partial charge in [0.1, 0.15) is 6.29 Å². The Kier molecular flexibility index (Phi) is 4.24. The number of carboxylic acid groups (broad SMARTS) is 1. The molecule has 2 aliphatic rings. The summed E-state index contributed by atoms with van der Waals surface area (Å²) in [6.07, 6.45) is 4.32. The molecule has 1 aromatic carbocycles. The van der Waals surface area contributed by atoms with Crippen molar-refractivity contribution in [3.8, 4) is 11.5 Å². The molecule has 0 spiro atoms. The number of carbonyl (C=O) groups is 2. The van der Waals surface area contributed by atoms with E-state index >= 15 is 0 Å². The number of rotatable bonds is 3. The fraction of sp³-hybridized carbons (Fsp3) is 0.556. The Morgan fingerprint density at radius 2 is 1.75 bits per heavy atom. The van der Waals surface area contributed by atoms with Crippen LogP contribution in [-0.4, -0.2) is 23.1 Å². The second-order valence-electron chi connectivity index (χ2n) is 6.87. The van der Waals surface area contributed by atoms with Crippen molar-refractivity contribution in [2.45, 2.75) is 52.2 Å². The van der Waals surface area contributed by atoms with Gasteiger partial charge >= 0.3 is 5.97 Å². The van der Waals surface area contributed by atoms with Gasteiger partial charge in [0.15, 0.2) is 11.5 Å². The normalized spacial score (nSPS) is 28.7. The smallest absolute Gasteiger partial charge is 0.336 e. The second-order valence-corrected chi connectivity index (χ2v) is 7.25. The summed E-state index contributed by atoms with van der Waals surface area (Å²) >= 11 is 6.36. The van der Waals surface area contributed by atoms with Crippen LogP contribution in [0.4, 0.5) is 0 Å². The van der Waals surface area contributed by atoms with Crippen LogP contribution < -0.4 is 9.47 Å². The molecule has 1 N–H and O–H groups in total. The summed E-state index contributed by atoms with van der Waals surface area (Å²) < 4.78 is 12.2. The van der Waals surface area contributed by atoms with E-state index in [0.717, 1.165) is 32.0 Å². The molecule has 1 atom stereocenters. The van der Waals surface area contributed by atoms with Crippen molar-refractivity contribution < 1.29 is 24.2 Å². The number of carboxylic acids is 1. The lowest BCUT2D eigenvalue weighted by Gasteiger charge is -2.36. The number of fused-ring (bicyclic) bond motifs is 1. The number of carbonyl (C=O) groups excluding carboxylic acids is 1. The predicted octanol–water partition coefficient (Wildman–Crippen LogP) is 4.15. The molecule has 0 radical (unpaired) electrons. The number of aldehydes is 1. The maximum atomic E-state index is 11.5. The predicted molar refractivity (Wildman–Crippen MR) is 89.1 cm³/mol. The van der Waals surface area contributed by atoms with E-state index in [2.05, 4.69) is 0 Å². The fourth-order valence-electron chi connectivity index (χ4n) is 3.85. The minimum Gasteiger partial charge on any atom is -0.478 e. The number of halogens is 1. The van der Waals surface area contributed by atoms with E-state index in [1.807, 2.05) is 6.92 Å². The number of hydrogen-bond acceptors (Lipinski definition) is 4. The molecule has 1 unspecified atom stereocenters. The zero-order chi connectivity index (χ0) is 17.6. The summed E-state index contributed by atoms with van der Waals surface area (Å²) in [5.74, 6) is -0.822. The molecule has 6 heteroatoms. The van der Waals surface area contributed by atoms with Crippen LogP contribution in [0, 0.1) is 25.7 Å². The zero-order valence-corrected chi connectivity index (χ0v) is 14.8. The van der Waals surface area contributed by atoms with Crippen LogP contribution in [0.25, 0.3) is 0 Å². The lowest BCUT2D eigenvalue weighted by atomic mass is 9.79. The van der Waals surface area contributed by atoms with Gasteiger partial charge in [0.25, 0.3) is 5.79 Å². The van der Waals surface area contributed by atoms with E-state index in [0.29, 0.717) is 27.6 Å². The summed E-state index contributed by atoms with van der Waals surface area (Å²) in [7, 11) is 0. The molecule has 0 bridgehead atoms. The quantitative estimate of drug-likeness (QED) is 0.827. The molecule has 5 nitrogen and oxygen atoms in total. The van der Waals surface area contributed by atoms with Gasteiger partial charge in [0.2, 0.25) is 0 Å². The molecular weight excluding hydrogens is 332 g/mol. The Morgan fingerprint density at radius 1 is 1.17 bits per heavy atom. The Labute approximate surface area is 145 Å². The molecule has 1 heterocycles. The van der Waals surface area contributed by atoms with Gasteiger partial charge in [-0.05, 0) is 45.1 Å². The Morgan fingerprint density at radius 3 is 2.29 bits per heavy atom. The first kappa shape index (κ1) is 17.1. The SMILES string of the molecule is Cc1c(Cl)c2c(c(C)c1C(=O)O)OC(C)(C1CCC(C=O)CC1)O2. The standard InChI is InChI=1S/C18H21ClO5/c1-9-13(17(21)22)10(2)15-16(14(9)19)24-18(3,23-15)12-6-4-11(8-20)5-7-12/h8,11-12H,4-7H2,1-3H3,(H,21,22). The van der Waals surface area contributed by atoms with Crippen LogP contribution >= 0.6 is 11.6 Å². The molecule has 3 rings (SSSR count). The van der Waals surface area contributed by atoms with Crippen LogP contribution in [0.5, 0.6) is 11.5 Å². The highest BCUT2D eigenvalue weighted by Gasteiger charge is 2.47. The lowest BCUT2D eigenvalue weighted by Crippen LogP contribution is -2.44. The maximum Gasteiger partial charge on any atom is 0.336 e. The third kappa shape index (κ3) is 2.55. The van der Waals surface area contributed by atoms with Crippen molar-refractivity contribution in [1.82, 2.24) is 0 Å². The largest absolute Gasteiger partial charge is 0.478 e. The van der Waals surface area contributed by atoms with E-state index in [1.165, 1.54) is 0 Å². The van der Waals surface area contributed by atoms with Gasteiger partial charge in [-0.1, -0.05) is 11.6 Å². The van der Waals surface area contributed by atoms with Crippen molar-refractivity contribution in [3.05, 3.63) is 21.7 Å². The molecule has 130 valence electrons. The van der Waals surface area contributed by atoms with Crippen molar-refractivity contribution in [2.24, 2.45) is 11.8 Å². The van der Waals surface area contributed by atoms with Gasteiger partial charge in [-0.25, -0.2) is 4.79 Å². The summed E-state index contributed by atoms with van der Waals surface area (Å²) in [6, 6.07) is 0. The average molecular weight is 353 g/mol. The number of benzene rings is 1. The number of aromatic carboxylic acids is 1. The fourth-order valence-corrected chi connectivity index (χ4v) is 4.07. The Bertz CT molecular complexity index is 706. The second kappa shape index (κ2) is 5.96. The van der Waals surface area contributed by atoms with Crippen molar-refractivity contribution in [1.29, 1.82) is 0 Å². The lowest BCUT2D eigenvalue weighted by molar-refractivity contribution is -0.128. The summed E-state index contributed by atoms with van der Waals surface area (Å²) in [5, 5.41) is 9.74.